The van der Waals surface area contributed by atoms with Crippen LogP contribution in [0.1, 0.15) is 18.2 Å². The van der Waals surface area contributed by atoms with Gasteiger partial charge in [-0.05, 0) is 37.3 Å². The molecule has 0 aliphatic rings. The first-order chi connectivity index (χ1) is 14.1. The Morgan fingerprint density at radius 2 is 1.93 bits per heavy atom. The Hall–Kier alpha value is -3.06. The molecule has 0 spiro atoms. The Labute approximate surface area is 174 Å². The van der Waals surface area contributed by atoms with Crippen molar-refractivity contribution in [2.75, 3.05) is 20.8 Å². The van der Waals surface area contributed by atoms with Crippen LogP contribution in [0.4, 0.5) is 0 Å². The third-order valence-electron chi connectivity index (χ3n) is 4.27. The molecule has 1 amide bonds. The molecule has 0 atom stereocenters. The molecule has 0 unspecified atom stereocenters. The van der Waals surface area contributed by atoms with Crippen LogP contribution in [0, 0.1) is 0 Å². The number of rotatable bonds is 9. The van der Waals surface area contributed by atoms with Crippen molar-refractivity contribution in [1.82, 2.24) is 10.3 Å². The van der Waals surface area contributed by atoms with Crippen molar-refractivity contribution in [3.63, 3.8) is 0 Å². The van der Waals surface area contributed by atoms with E-state index in [1.54, 1.807) is 14.2 Å². The van der Waals surface area contributed by atoms with Gasteiger partial charge in [0.2, 0.25) is 5.91 Å². The minimum absolute atomic E-state index is 0.107. The molecule has 152 valence electrons. The van der Waals surface area contributed by atoms with Gasteiger partial charge in [-0.3, -0.25) is 4.79 Å². The number of ether oxygens (including phenoxy) is 3. The molecule has 3 aromatic rings. The summed E-state index contributed by atoms with van der Waals surface area (Å²) in [6.45, 7) is 2.89. The van der Waals surface area contributed by atoms with Crippen LogP contribution >= 0.6 is 11.3 Å². The van der Waals surface area contributed by atoms with Gasteiger partial charge in [0, 0.05) is 17.5 Å². The van der Waals surface area contributed by atoms with Gasteiger partial charge >= 0.3 is 0 Å². The van der Waals surface area contributed by atoms with Crippen LogP contribution in [0.5, 0.6) is 17.2 Å². The minimum Gasteiger partial charge on any atom is -0.497 e. The van der Waals surface area contributed by atoms with E-state index in [-0.39, 0.29) is 12.3 Å². The standard InChI is InChI=1S/C22H24N2O4S/c1-4-28-20-8-6-5-7-18(20)22-24-16(14-29-22)12-21(25)23-13-15-11-17(26-2)9-10-19(15)27-3/h5-11,14H,4,12-13H2,1-3H3,(H,23,25). The van der Waals surface area contributed by atoms with Gasteiger partial charge in [-0.25, -0.2) is 4.98 Å². The zero-order chi connectivity index (χ0) is 20.6. The van der Waals surface area contributed by atoms with Gasteiger partial charge in [0.1, 0.15) is 22.3 Å². The first-order valence-electron chi connectivity index (χ1n) is 9.28. The van der Waals surface area contributed by atoms with E-state index in [2.05, 4.69) is 10.3 Å². The van der Waals surface area contributed by atoms with Crippen molar-refractivity contribution in [1.29, 1.82) is 0 Å². The quantitative estimate of drug-likeness (QED) is 0.573. The van der Waals surface area contributed by atoms with Crippen molar-refractivity contribution in [2.45, 2.75) is 19.9 Å². The Morgan fingerprint density at radius 1 is 1.10 bits per heavy atom. The number of methoxy groups -OCH3 is 2. The molecule has 1 N–H and O–H groups in total. The molecule has 0 aliphatic carbocycles. The average molecular weight is 413 g/mol. The minimum atomic E-state index is -0.107. The first-order valence-corrected chi connectivity index (χ1v) is 10.2. The molecule has 0 aliphatic heterocycles. The van der Waals surface area contributed by atoms with Gasteiger partial charge in [-0.15, -0.1) is 11.3 Å². The molecule has 0 bridgehead atoms. The second kappa shape index (κ2) is 9.93. The fraction of sp³-hybridized carbons (Fsp3) is 0.273. The largest absolute Gasteiger partial charge is 0.497 e. The van der Waals surface area contributed by atoms with Crippen molar-refractivity contribution in [3.05, 3.63) is 59.1 Å². The summed E-state index contributed by atoms with van der Waals surface area (Å²) in [6.07, 6.45) is 0.208. The maximum absolute atomic E-state index is 12.4. The second-order valence-corrected chi connectivity index (χ2v) is 7.06. The number of nitrogens with zero attached hydrogens (tertiary/aromatic N) is 1. The summed E-state index contributed by atoms with van der Waals surface area (Å²) in [5.74, 6) is 2.11. The number of hydrogen-bond donors (Lipinski definition) is 1. The lowest BCUT2D eigenvalue weighted by Gasteiger charge is -2.11. The van der Waals surface area contributed by atoms with E-state index < -0.39 is 0 Å². The summed E-state index contributed by atoms with van der Waals surface area (Å²) in [5.41, 5.74) is 2.52. The monoisotopic (exact) mass is 412 g/mol. The predicted molar refractivity (Wildman–Crippen MR) is 114 cm³/mol. The maximum Gasteiger partial charge on any atom is 0.226 e. The third-order valence-corrected chi connectivity index (χ3v) is 5.20. The zero-order valence-electron chi connectivity index (χ0n) is 16.7. The Bertz CT molecular complexity index is 971. The molecule has 29 heavy (non-hydrogen) atoms. The predicted octanol–water partition coefficient (Wildman–Crippen LogP) is 4.08. The fourth-order valence-corrected chi connectivity index (χ4v) is 3.73. The van der Waals surface area contributed by atoms with Crippen molar-refractivity contribution in [2.24, 2.45) is 0 Å². The van der Waals surface area contributed by atoms with E-state index >= 15 is 0 Å². The summed E-state index contributed by atoms with van der Waals surface area (Å²) < 4.78 is 16.3. The maximum atomic E-state index is 12.4. The first kappa shape index (κ1) is 20.7. The van der Waals surface area contributed by atoms with Gasteiger partial charge in [-0.2, -0.15) is 0 Å². The van der Waals surface area contributed by atoms with Gasteiger partial charge in [0.25, 0.3) is 0 Å². The van der Waals surface area contributed by atoms with Gasteiger partial charge < -0.3 is 19.5 Å². The van der Waals surface area contributed by atoms with Crippen LogP contribution in [-0.4, -0.2) is 31.7 Å². The van der Waals surface area contributed by atoms with Crippen LogP contribution in [-0.2, 0) is 17.8 Å². The smallest absolute Gasteiger partial charge is 0.226 e. The van der Waals surface area contributed by atoms with Gasteiger partial charge in [-0.1, -0.05) is 12.1 Å². The lowest BCUT2D eigenvalue weighted by Crippen LogP contribution is -2.25. The lowest BCUT2D eigenvalue weighted by atomic mass is 10.2. The molecule has 1 heterocycles. The number of aromatic nitrogens is 1. The summed E-state index contributed by atoms with van der Waals surface area (Å²) >= 11 is 1.50. The number of hydrogen-bond acceptors (Lipinski definition) is 6. The number of para-hydroxylation sites is 1. The Balaban J connectivity index is 1.64. The Kier molecular flexibility index (Phi) is 7.08. The van der Waals surface area contributed by atoms with E-state index in [1.165, 1.54) is 11.3 Å². The molecule has 0 saturated heterocycles. The summed E-state index contributed by atoms with van der Waals surface area (Å²) in [7, 11) is 3.21. The molecular formula is C22H24N2O4S. The highest BCUT2D eigenvalue weighted by molar-refractivity contribution is 7.13. The zero-order valence-corrected chi connectivity index (χ0v) is 17.5. The van der Waals surface area contributed by atoms with Crippen LogP contribution in [0.25, 0.3) is 10.6 Å². The third kappa shape index (κ3) is 5.26. The van der Waals surface area contributed by atoms with Crippen LogP contribution in [0.15, 0.2) is 47.8 Å². The van der Waals surface area contributed by atoms with E-state index in [1.807, 2.05) is 54.8 Å². The number of nitrogens with one attached hydrogen (secondary N) is 1. The molecule has 1 aromatic heterocycles. The number of thiazole rings is 1. The van der Waals surface area contributed by atoms with Crippen molar-refractivity contribution in [3.8, 4) is 27.8 Å². The highest BCUT2D eigenvalue weighted by Gasteiger charge is 2.13. The molecule has 2 aromatic carbocycles. The highest BCUT2D eigenvalue weighted by atomic mass is 32.1. The van der Waals surface area contributed by atoms with Gasteiger partial charge in [0.05, 0.1) is 38.5 Å². The lowest BCUT2D eigenvalue weighted by molar-refractivity contribution is -0.120. The molecule has 0 saturated carbocycles. The summed E-state index contributed by atoms with van der Waals surface area (Å²) in [4.78, 5) is 17.0. The molecule has 7 heteroatoms. The number of carbonyl (C=O) groups is 1. The van der Waals surface area contributed by atoms with Crippen LogP contribution in [0.3, 0.4) is 0 Å². The average Bonchev–Trinajstić information content (AvgIpc) is 3.20. The number of carbonyl (C=O) groups excluding carboxylic acids is 1. The van der Waals surface area contributed by atoms with Crippen LogP contribution < -0.4 is 19.5 Å². The van der Waals surface area contributed by atoms with E-state index in [0.29, 0.717) is 24.7 Å². The topological polar surface area (TPSA) is 69.7 Å². The molecule has 3 rings (SSSR count). The second-order valence-electron chi connectivity index (χ2n) is 6.20. The van der Waals surface area contributed by atoms with Gasteiger partial charge in [0.15, 0.2) is 0 Å². The van der Waals surface area contributed by atoms with E-state index in [0.717, 1.165) is 27.6 Å². The van der Waals surface area contributed by atoms with E-state index in [4.69, 9.17) is 14.2 Å². The molecule has 6 nitrogen and oxygen atoms in total. The van der Waals surface area contributed by atoms with Crippen molar-refractivity contribution >= 4 is 17.2 Å². The SMILES string of the molecule is CCOc1ccccc1-c1nc(CC(=O)NCc2cc(OC)ccc2OC)cs1. The number of amides is 1. The van der Waals surface area contributed by atoms with Crippen LogP contribution in [0.2, 0.25) is 0 Å². The highest BCUT2D eigenvalue weighted by Crippen LogP contribution is 2.32. The van der Waals surface area contributed by atoms with Crippen molar-refractivity contribution < 1.29 is 19.0 Å². The summed E-state index contributed by atoms with van der Waals surface area (Å²) in [5, 5.41) is 5.67. The van der Waals surface area contributed by atoms with E-state index in [9.17, 15) is 4.79 Å². The molecule has 0 fully saturated rings. The molecular weight excluding hydrogens is 388 g/mol. The Morgan fingerprint density at radius 3 is 2.69 bits per heavy atom. The summed E-state index contributed by atoms with van der Waals surface area (Å²) in [6, 6.07) is 13.3. The number of benzene rings is 2. The molecule has 0 radical (unpaired) electrons. The normalized spacial score (nSPS) is 10.4. The fourth-order valence-electron chi connectivity index (χ4n) is 2.88.